The third-order valence-electron chi connectivity index (χ3n) is 7.87. The molecule has 0 spiro atoms. The van der Waals surface area contributed by atoms with E-state index in [-0.39, 0.29) is 25.5 Å². The van der Waals surface area contributed by atoms with Gasteiger partial charge in [0.25, 0.3) is 0 Å². The number of aromatic nitrogens is 2. The molecule has 228 valence electrons. The fraction of sp³-hybridized carbons (Fsp3) is 0.306. The highest BCUT2D eigenvalue weighted by Gasteiger charge is 2.29. The lowest BCUT2D eigenvalue weighted by atomic mass is 10.0. The van der Waals surface area contributed by atoms with Crippen molar-refractivity contribution in [1.29, 1.82) is 0 Å². The van der Waals surface area contributed by atoms with Gasteiger partial charge < -0.3 is 29.7 Å². The second-order valence-electron chi connectivity index (χ2n) is 11.0. The summed E-state index contributed by atoms with van der Waals surface area (Å²) in [5, 5.41) is 22.4. The maximum atomic E-state index is 9.63. The first-order valence-electron chi connectivity index (χ1n) is 15.3. The maximum absolute atomic E-state index is 9.63. The van der Waals surface area contributed by atoms with Crippen molar-refractivity contribution in [3.8, 4) is 22.6 Å². The highest BCUT2D eigenvalue weighted by atomic mass is 16.5. The van der Waals surface area contributed by atoms with Gasteiger partial charge in [0.1, 0.15) is 24.3 Å². The number of unbranched alkanes of at least 4 members (excludes halogenated alkanes) is 1. The van der Waals surface area contributed by atoms with Crippen LogP contribution in [0.4, 0.5) is 5.95 Å². The smallest absolute Gasteiger partial charge is 0.206 e. The van der Waals surface area contributed by atoms with E-state index in [1.54, 1.807) is 0 Å². The van der Waals surface area contributed by atoms with Gasteiger partial charge in [-0.1, -0.05) is 66.7 Å². The van der Waals surface area contributed by atoms with E-state index in [0.717, 1.165) is 70.0 Å². The summed E-state index contributed by atoms with van der Waals surface area (Å²) in [7, 11) is 0. The summed E-state index contributed by atoms with van der Waals surface area (Å²) in [4.78, 5) is 4.87. The molecule has 1 aliphatic heterocycles. The number of hydrogen-bond acceptors (Lipinski definition) is 7. The molecule has 1 aliphatic rings. The first-order valence-corrected chi connectivity index (χ1v) is 15.3. The second kappa shape index (κ2) is 14.4. The third-order valence-corrected chi connectivity index (χ3v) is 7.87. The van der Waals surface area contributed by atoms with Crippen LogP contribution in [0, 0.1) is 0 Å². The van der Waals surface area contributed by atoms with E-state index in [1.807, 2.05) is 60.7 Å². The number of hydrogen-bond donors (Lipinski definition) is 3. The minimum absolute atomic E-state index is 0.0153. The molecule has 5 aromatic rings. The molecule has 4 aromatic carbocycles. The fourth-order valence-electron chi connectivity index (χ4n) is 5.58. The largest absolute Gasteiger partial charge is 0.493 e. The Labute approximate surface area is 257 Å². The Bertz CT molecular complexity index is 1650. The summed E-state index contributed by atoms with van der Waals surface area (Å²) in [6.07, 6.45) is 2.73. The van der Waals surface area contributed by atoms with E-state index in [9.17, 15) is 10.2 Å². The topological polar surface area (TPSA) is 98.0 Å². The van der Waals surface area contributed by atoms with Gasteiger partial charge in [-0.25, -0.2) is 4.98 Å². The SMILES string of the molecule is OCCCCOc1cc(CNc2nc3ccccc3n2[C@H]2CC[C@@H](CO)O2)ccc1-c1cccc(OCc2ccccc2)c1. The van der Waals surface area contributed by atoms with Gasteiger partial charge in [0.15, 0.2) is 0 Å². The van der Waals surface area contributed by atoms with Gasteiger partial charge in [-0.3, -0.25) is 4.57 Å². The molecular weight excluding hydrogens is 554 g/mol. The van der Waals surface area contributed by atoms with Crippen molar-refractivity contribution in [2.75, 3.05) is 25.1 Å². The van der Waals surface area contributed by atoms with Gasteiger partial charge >= 0.3 is 0 Å². The summed E-state index contributed by atoms with van der Waals surface area (Å²) in [5.74, 6) is 2.30. The van der Waals surface area contributed by atoms with Gasteiger partial charge in [-0.2, -0.15) is 0 Å². The summed E-state index contributed by atoms with van der Waals surface area (Å²) >= 11 is 0. The normalized spacial score (nSPS) is 16.3. The van der Waals surface area contributed by atoms with Crippen molar-refractivity contribution in [2.24, 2.45) is 0 Å². The predicted octanol–water partition coefficient (Wildman–Crippen LogP) is 6.72. The molecule has 1 aromatic heterocycles. The minimum Gasteiger partial charge on any atom is -0.493 e. The molecule has 2 atom stereocenters. The van der Waals surface area contributed by atoms with Crippen molar-refractivity contribution in [3.63, 3.8) is 0 Å². The molecule has 0 amide bonds. The van der Waals surface area contributed by atoms with E-state index in [0.29, 0.717) is 26.2 Å². The Balaban J connectivity index is 1.23. The number of imidazole rings is 1. The number of aliphatic hydroxyl groups is 2. The monoisotopic (exact) mass is 593 g/mol. The molecule has 0 radical (unpaired) electrons. The molecule has 1 saturated heterocycles. The van der Waals surface area contributed by atoms with Gasteiger partial charge in [0.05, 0.1) is 30.4 Å². The fourth-order valence-corrected chi connectivity index (χ4v) is 5.58. The van der Waals surface area contributed by atoms with Gasteiger partial charge in [0.2, 0.25) is 5.95 Å². The summed E-state index contributed by atoms with van der Waals surface area (Å²) < 4.78 is 20.6. The molecule has 8 nitrogen and oxygen atoms in total. The zero-order valence-electron chi connectivity index (χ0n) is 24.8. The number of aliphatic hydroxyl groups excluding tert-OH is 2. The summed E-state index contributed by atoms with van der Waals surface area (Å²) in [6, 6.07) is 32.5. The molecule has 44 heavy (non-hydrogen) atoms. The van der Waals surface area contributed by atoms with Crippen molar-refractivity contribution in [3.05, 3.63) is 108 Å². The number of anilines is 1. The minimum atomic E-state index is -0.189. The van der Waals surface area contributed by atoms with E-state index >= 15 is 0 Å². The van der Waals surface area contributed by atoms with Crippen LogP contribution < -0.4 is 14.8 Å². The highest BCUT2D eigenvalue weighted by molar-refractivity contribution is 5.79. The molecule has 0 aliphatic carbocycles. The molecule has 6 rings (SSSR count). The molecule has 0 unspecified atom stereocenters. The zero-order valence-corrected chi connectivity index (χ0v) is 24.8. The Kier molecular flexibility index (Phi) is 9.72. The van der Waals surface area contributed by atoms with Crippen molar-refractivity contribution < 1.29 is 24.4 Å². The first-order chi connectivity index (χ1) is 21.7. The van der Waals surface area contributed by atoms with Crippen LogP contribution in [-0.2, 0) is 17.9 Å². The number of para-hydroxylation sites is 2. The van der Waals surface area contributed by atoms with Crippen LogP contribution in [0.25, 0.3) is 22.2 Å². The first kappa shape index (κ1) is 29.7. The number of fused-ring (bicyclic) bond motifs is 1. The highest BCUT2D eigenvalue weighted by Crippen LogP contribution is 2.36. The second-order valence-corrected chi connectivity index (χ2v) is 11.0. The van der Waals surface area contributed by atoms with Crippen LogP contribution in [0.2, 0.25) is 0 Å². The average Bonchev–Trinajstić information content (AvgIpc) is 3.70. The van der Waals surface area contributed by atoms with Crippen LogP contribution in [0.3, 0.4) is 0 Å². The molecule has 0 bridgehead atoms. The van der Waals surface area contributed by atoms with E-state index in [1.165, 1.54) is 0 Å². The van der Waals surface area contributed by atoms with Gasteiger partial charge in [-0.05, 0) is 72.7 Å². The van der Waals surface area contributed by atoms with E-state index < -0.39 is 0 Å². The van der Waals surface area contributed by atoms with Crippen molar-refractivity contribution in [2.45, 2.75) is 51.2 Å². The number of nitrogens with one attached hydrogen (secondary N) is 1. The predicted molar refractivity (Wildman–Crippen MR) is 172 cm³/mol. The molecule has 8 heteroatoms. The number of rotatable bonds is 14. The lowest BCUT2D eigenvalue weighted by molar-refractivity contribution is -0.0195. The van der Waals surface area contributed by atoms with Crippen LogP contribution in [0.15, 0.2) is 97.1 Å². The molecular formula is C36H39N3O5. The Hall–Kier alpha value is -4.37. The van der Waals surface area contributed by atoms with Crippen LogP contribution in [0.5, 0.6) is 11.5 Å². The standard InChI is InChI=1S/C36H39N3O5/c40-19-6-7-20-42-34-21-27(15-17-31(34)28-11-8-12-29(22-28)43-25-26-9-2-1-3-10-26)23-37-36-38-32-13-4-5-14-33(32)39(36)35-18-16-30(24-41)44-35/h1-5,8-15,17,21-22,30,35,40-41H,6-7,16,18-20,23-25H2,(H,37,38)/t30-,35+/m0/s1. The quantitative estimate of drug-likeness (QED) is 0.123. The van der Waals surface area contributed by atoms with Gasteiger partial charge in [0, 0.05) is 18.7 Å². The summed E-state index contributed by atoms with van der Waals surface area (Å²) in [6.45, 7) is 1.70. The Morgan fingerprint density at radius 2 is 1.70 bits per heavy atom. The number of nitrogens with zero attached hydrogens (tertiary/aromatic N) is 2. The van der Waals surface area contributed by atoms with Crippen molar-refractivity contribution >= 4 is 17.0 Å². The van der Waals surface area contributed by atoms with Crippen LogP contribution in [-0.4, -0.2) is 45.7 Å². The molecule has 3 N–H and O–H groups in total. The maximum Gasteiger partial charge on any atom is 0.206 e. The van der Waals surface area contributed by atoms with Crippen LogP contribution in [0.1, 0.15) is 43.0 Å². The lowest BCUT2D eigenvalue weighted by Crippen LogP contribution is -2.16. The molecule has 1 fully saturated rings. The van der Waals surface area contributed by atoms with Crippen LogP contribution >= 0.6 is 0 Å². The van der Waals surface area contributed by atoms with Gasteiger partial charge in [-0.15, -0.1) is 0 Å². The number of ether oxygens (including phenoxy) is 3. The third kappa shape index (κ3) is 7.05. The Morgan fingerprint density at radius 3 is 2.55 bits per heavy atom. The summed E-state index contributed by atoms with van der Waals surface area (Å²) in [5.41, 5.74) is 6.03. The number of benzene rings is 4. The lowest BCUT2D eigenvalue weighted by Gasteiger charge is -2.19. The zero-order chi connectivity index (χ0) is 30.1. The molecule has 2 heterocycles. The van der Waals surface area contributed by atoms with Crippen molar-refractivity contribution in [1.82, 2.24) is 9.55 Å². The molecule has 0 saturated carbocycles. The van der Waals surface area contributed by atoms with E-state index in [4.69, 9.17) is 19.2 Å². The Morgan fingerprint density at radius 1 is 0.841 bits per heavy atom. The average molecular weight is 594 g/mol. The van der Waals surface area contributed by atoms with E-state index in [2.05, 4.69) is 46.3 Å².